The maximum Gasteiger partial charge on any atom is 0.407 e. The van der Waals surface area contributed by atoms with E-state index in [2.05, 4.69) is 10.6 Å². The first-order valence-corrected chi connectivity index (χ1v) is 6.08. The average Bonchev–Trinajstić information content (AvgIpc) is 2.86. The van der Waals surface area contributed by atoms with Crippen molar-refractivity contribution in [1.29, 1.82) is 0 Å². The fourth-order valence-electron chi connectivity index (χ4n) is 1.97. The normalized spacial score (nSPS) is 21.9. The second-order valence-electron chi connectivity index (χ2n) is 4.44. The number of nitrogens with one attached hydrogen (secondary N) is 2. The lowest BCUT2D eigenvalue weighted by Gasteiger charge is -2.11. The van der Waals surface area contributed by atoms with E-state index in [1.54, 1.807) is 0 Å². The number of carboxylic acid groups (broad SMARTS) is 1. The van der Waals surface area contributed by atoms with Crippen LogP contribution < -0.4 is 10.6 Å². The Kier molecular flexibility index (Phi) is 4.35. The van der Waals surface area contributed by atoms with Gasteiger partial charge in [-0.05, 0) is 12.0 Å². The summed E-state index contributed by atoms with van der Waals surface area (Å²) >= 11 is 0. The molecule has 2 rings (SSSR count). The highest BCUT2D eigenvalue weighted by Gasteiger charge is 2.30. The van der Waals surface area contributed by atoms with Gasteiger partial charge < -0.3 is 20.5 Å². The monoisotopic (exact) mass is 264 g/mol. The van der Waals surface area contributed by atoms with E-state index in [-0.39, 0.29) is 12.6 Å². The lowest BCUT2D eigenvalue weighted by atomic mass is 10.2. The number of hydrogen-bond donors (Lipinski definition) is 3. The van der Waals surface area contributed by atoms with Crippen LogP contribution in [0.4, 0.5) is 4.79 Å². The Morgan fingerprint density at radius 3 is 2.74 bits per heavy atom. The Labute approximate surface area is 110 Å². The summed E-state index contributed by atoms with van der Waals surface area (Å²) < 4.78 is 5.06. The van der Waals surface area contributed by atoms with Gasteiger partial charge in [-0.3, -0.25) is 4.79 Å². The van der Waals surface area contributed by atoms with Crippen LogP contribution in [0.15, 0.2) is 30.3 Å². The second kappa shape index (κ2) is 6.19. The van der Waals surface area contributed by atoms with Crippen molar-refractivity contribution in [3.05, 3.63) is 35.9 Å². The summed E-state index contributed by atoms with van der Waals surface area (Å²) in [5.41, 5.74) is 0.908. The summed E-state index contributed by atoms with van der Waals surface area (Å²) in [7, 11) is 0. The molecule has 102 valence electrons. The Bertz CT molecular complexity index is 449. The van der Waals surface area contributed by atoms with Crippen molar-refractivity contribution in [2.24, 2.45) is 0 Å². The van der Waals surface area contributed by atoms with Gasteiger partial charge in [-0.2, -0.15) is 0 Å². The predicted molar refractivity (Wildman–Crippen MR) is 67.6 cm³/mol. The van der Waals surface area contributed by atoms with Gasteiger partial charge in [-0.15, -0.1) is 0 Å². The van der Waals surface area contributed by atoms with Crippen LogP contribution in [0.1, 0.15) is 12.0 Å². The third-order valence-electron chi connectivity index (χ3n) is 2.96. The molecule has 1 saturated heterocycles. The Balaban J connectivity index is 1.72. The molecule has 1 fully saturated rings. The molecule has 19 heavy (non-hydrogen) atoms. The van der Waals surface area contributed by atoms with Gasteiger partial charge >= 0.3 is 12.1 Å². The van der Waals surface area contributed by atoms with Crippen LogP contribution >= 0.6 is 0 Å². The predicted octanol–water partition coefficient (Wildman–Crippen LogP) is 0.728. The van der Waals surface area contributed by atoms with Crippen LogP contribution in [0.5, 0.6) is 0 Å². The molecule has 0 spiro atoms. The van der Waals surface area contributed by atoms with E-state index in [1.807, 2.05) is 30.3 Å². The van der Waals surface area contributed by atoms with Crippen molar-refractivity contribution in [2.45, 2.75) is 25.1 Å². The number of amides is 1. The molecule has 1 aliphatic rings. The minimum absolute atomic E-state index is 0.204. The maximum atomic E-state index is 11.5. The largest absolute Gasteiger partial charge is 0.480 e. The molecule has 0 radical (unpaired) electrons. The molecular weight excluding hydrogens is 248 g/mol. The molecule has 1 heterocycles. The smallest absolute Gasteiger partial charge is 0.407 e. The summed E-state index contributed by atoms with van der Waals surface area (Å²) in [6, 6.07) is 8.56. The fourth-order valence-corrected chi connectivity index (χ4v) is 1.97. The van der Waals surface area contributed by atoms with Gasteiger partial charge in [0, 0.05) is 12.6 Å². The van der Waals surface area contributed by atoms with Crippen molar-refractivity contribution in [1.82, 2.24) is 10.6 Å². The molecule has 3 N–H and O–H groups in total. The molecule has 1 aromatic rings. The van der Waals surface area contributed by atoms with Crippen LogP contribution in [0.2, 0.25) is 0 Å². The SMILES string of the molecule is O=C(N[C@@H]1CN[C@H](C(=O)O)C1)OCc1ccccc1. The number of carbonyl (C=O) groups is 2. The number of alkyl carbamates (subject to hydrolysis) is 1. The van der Waals surface area contributed by atoms with Crippen molar-refractivity contribution in [3.63, 3.8) is 0 Å². The van der Waals surface area contributed by atoms with E-state index in [9.17, 15) is 9.59 Å². The van der Waals surface area contributed by atoms with Gasteiger partial charge in [-0.1, -0.05) is 30.3 Å². The Morgan fingerprint density at radius 2 is 2.11 bits per heavy atom. The molecule has 0 aliphatic carbocycles. The molecule has 1 aliphatic heterocycles. The van der Waals surface area contributed by atoms with Crippen LogP contribution in [-0.2, 0) is 16.1 Å². The van der Waals surface area contributed by atoms with Crippen molar-refractivity contribution in [2.75, 3.05) is 6.54 Å². The van der Waals surface area contributed by atoms with Crippen molar-refractivity contribution < 1.29 is 19.4 Å². The zero-order valence-electron chi connectivity index (χ0n) is 10.3. The highest BCUT2D eigenvalue weighted by molar-refractivity contribution is 5.74. The minimum Gasteiger partial charge on any atom is -0.480 e. The van der Waals surface area contributed by atoms with E-state index in [4.69, 9.17) is 9.84 Å². The number of ether oxygens (including phenoxy) is 1. The first kappa shape index (κ1) is 13.4. The van der Waals surface area contributed by atoms with Crippen LogP contribution in [0, 0.1) is 0 Å². The van der Waals surface area contributed by atoms with Gasteiger partial charge in [-0.25, -0.2) is 4.79 Å². The highest BCUT2D eigenvalue weighted by atomic mass is 16.5. The van der Waals surface area contributed by atoms with Gasteiger partial charge in [0.15, 0.2) is 0 Å². The second-order valence-corrected chi connectivity index (χ2v) is 4.44. The maximum absolute atomic E-state index is 11.5. The minimum atomic E-state index is -0.901. The first-order chi connectivity index (χ1) is 9.15. The molecule has 1 aromatic carbocycles. The topological polar surface area (TPSA) is 87.7 Å². The molecule has 6 nitrogen and oxygen atoms in total. The molecule has 6 heteroatoms. The standard InChI is InChI=1S/C13H16N2O4/c16-12(17)11-6-10(7-14-11)15-13(18)19-8-9-4-2-1-3-5-9/h1-5,10-11,14H,6-8H2,(H,15,18)(H,16,17)/t10-,11-/m0/s1. The van der Waals surface area contributed by atoms with Gasteiger partial charge in [0.25, 0.3) is 0 Å². The molecule has 0 unspecified atom stereocenters. The number of carboxylic acids is 1. The van der Waals surface area contributed by atoms with E-state index < -0.39 is 18.1 Å². The molecular formula is C13H16N2O4. The fraction of sp³-hybridized carbons (Fsp3) is 0.385. The zero-order valence-corrected chi connectivity index (χ0v) is 10.3. The number of aliphatic carboxylic acids is 1. The number of hydrogen-bond acceptors (Lipinski definition) is 4. The van der Waals surface area contributed by atoms with Gasteiger partial charge in [0.2, 0.25) is 0 Å². The first-order valence-electron chi connectivity index (χ1n) is 6.08. The molecule has 0 aromatic heterocycles. The summed E-state index contributed by atoms with van der Waals surface area (Å²) in [6.07, 6.45) is -0.155. The van der Waals surface area contributed by atoms with Crippen LogP contribution in [-0.4, -0.2) is 35.8 Å². The van der Waals surface area contributed by atoms with E-state index >= 15 is 0 Å². The lowest BCUT2D eigenvalue weighted by Crippen LogP contribution is -2.36. The number of benzene rings is 1. The quantitative estimate of drug-likeness (QED) is 0.746. The zero-order chi connectivity index (χ0) is 13.7. The third kappa shape index (κ3) is 3.96. The summed E-state index contributed by atoms with van der Waals surface area (Å²) in [4.78, 5) is 22.3. The van der Waals surface area contributed by atoms with Gasteiger partial charge in [0.1, 0.15) is 12.6 Å². The van der Waals surface area contributed by atoms with Crippen LogP contribution in [0.25, 0.3) is 0 Å². The van der Waals surface area contributed by atoms with Crippen LogP contribution in [0.3, 0.4) is 0 Å². The third-order valence-corrected chi connectivity index (χ3v) is 2.96. The summed E-state index contributed by atoms with van der Waals surface area (Å²) in [5.74, 6) is -0.901. The Morgan fingerprint density at radius 1 is 1.37 bits per heavy atom. The lowest BCUT2D eigenvalue weighted by molar-refractivity contribution is -0.139. The van der Waals surface area contributed by atoms with E-state index in [1.165, 1.54) is 0 Å². The number of carbonyl (C=O) groups excluding carboxylic acids is 1. The highest BCUT2D eigenvalue weighted by Crippen LogP contribution is 2.07. The van der Waals surface area contributed by atoms with E-state index in [0.717, 1.165) is 5.56 Å². The molecule has 0 saturated carbocycles. The van der Waals surface area contributed by atoms with Gasteiger partial charge in [0.05, 0.1) is 0 Å². The van der Waals surface area contributed by atoms with Crippen molar-refractivity contribution >= 4 is 12.1 Å². The summed E-state index contributed by atoms with van der Waals surface area (Å²) in [6.45, 7) is 0.645. The molecule has 0 bridgehead atoms. The average molecular weight is 264 g/mol. The summed E-state index contributed by atoms with van der Waals surface area (Å²) in [5, 5.41) is 14.3. The van der Waals surface area contributed by atoms with E-state index in [0.29, 0.717) is 13.0 Å². The van der Waals surface area contributed by atoms with Crippen molar-refractivity contribution in [3.8, 4) is 0 Å². The molecule has 2 atom stereocenters. The molecule has 1 amide bonds. The number of rotatable bonds is 4. The Hall–Kier alpha value is -2.08.